The summed E-state index contributed by atoms with van der Waals surface area (Å²) >= 11 is 3.18. The maximum Gasteiger partial charge on any atom is 0.275 e. The summed E-state index contributed by atoms with van der Waals surface area (Å²) in [5.74, 6) is -0.465. The van der Waals surface area contributed by atoms with Crippen molar-refractivity contribution in [2.75, 3.05) is 17.2 Å². The highest BCUT2D eigenvalue weighted by atomic mass is 79.9. The van der Waals surface area contributed by atoms with Crippen LogP contribution >= 0.6 is 15.9 Å². The van der Waals surface area contributed by atoms with E-state index in [4.69, 9.17) is 0 Å². The van der Waals surface area contributed by atoms with E-state index in [-0.39, 0.29) is 11.4 Å². The van der Waals surface area contributed by atoms with Crippen molar-refractivity contribution in [3.8, 4) is 0 Å². The quantitative estimate of drug-likeness (QED) is 0.898. The first-order valence-electron chi connectivity index (χ1n) is 5.93. The van der Waals surface area contributed by atoms with Crippen molar-refractivity contribution in [2.24, 2.45) is 0 Å². The van der Waals surface area contributed by atoms with Gasteiger partial charge in [0.25, 0.3) is 5.91 Å². The number of amides is 1. The molecule has 20 heavy (non-hydrogen) atoms. The van der Waals surface area contributed by atoms with Crippen molar-refractivity contribution in [1.29, 1.82) is 0 Å². The Labute approximate surface area is 123 Å². The van der Waals surface area contributed by atoms with E-state index in [1.165, 1.54) is 18.5 Å². The van der Waals surface area contributed by atoms with Gasteiger partial charge in [-0.05, 0) is 35.0 Å². The number of carbonyl (C=O) groups is 1. The van der Waals surface area contributed by atoms with Crippen molar-refractivity contribution in [2.45, 2.75) is 6.92 Å². The third-order valence-electron chi connectivity index (χ3n) is 2.44. The molecule has 2 rings (SSSR count). The highest BCUT2D eigenvalue weighted by molar-refractivity contribution is 9.10. The van der Waals surface area contributed by atoms with Crippen LogP contribution in [0.15, 0.2) is 35.1 Å². The highest BCUT2D eigenvalue weighted by Crippen LogP contribution is 2.25. The molecule has 0 unspecified atom stereocenters. The van der Waals surface area contributed by atoms with Gasteiger partial charge < -0.3 is 10.6 Å². The molecule has 1 heterocycles. The fourth-order valence-corrected chi connectivity index (χ4v) is 1.95. The minimum Gasteiger partial charge on any atom is -0.369 e. The lowest BCUT2D eigenvalue weighted by atomic mass is 10.3. The van der Waals surface area contributed by atoms with Crippen molar-refractivity contribution < 1.29 is 9.18 Å². The zero-order valence-electron chi connectivity index (χ0n) is 10.7. The van der Waals surface area contributed by atoms with Crippen molar-refractivity contribution in [3.05, 3.63) is 46.6 Å². The minimum absolute atomic E-state index is 0.0788. The van der Waals surface area contributed by atoms with Crippen molar-refractivity contribution >= 4 is 33.3 Å². The van der Waals surface area contributed by atoms with Crippen LogP contribution in [0.1, 0.15) is 17.4 Å². The lowest BCUT2D eigenvalue weighted by Crippen LogP contribution is -2.15. The summed E-state index contributed by atoms with van der Waals surface area (Å²) in [7, 11) is 0. The molecule has 0 aliphatic heterocycles. The van der Waals surface area contributed by atoms with Gasteiger partial charge in [-0.25, -0.2) is 14.4 Å². The van der Waals surface area contributed by atoms with Crippen LogP contribution in [0.25, 0.3) is 0 Å². The molecule has 0 radical (unpaired) electrons. The second-order valence-corrected chi connectivity index (χ2v) is 4.72. The van der Waals surface area contributed by atoms with Crippen molar-refractivity contribution in [3.63, 3.8) is 0 Å². The zero-order valence-corrected chi connectivity index (χ0v) is 12.2. The summed E-state index contributed by atoms with van der Waals surface area (Å²) < 4.78 is 14.1. The fourth-order valence-electron chi connectivity index (χ4n) is 1.51. The topological polar surface area (TPSA) is 66.9 Å². The molecule has 0 aliphatic carbocycles. The summed E-state index contributed by atoms with van der Waals surface area (Å²) in [6.07, 6.45) is 2.79. The molecular formula is C13H12BrFN4O. The molecule has 0 spiro atoms. The van der Waals surface area contributed by atoms with Crippen LogP contribution in [0.2, 0.25) is 0 Å². The number of anilines is 2. The highest BCUT2D eigenvalue weighted by Gasteiger charge is 2.13. The van der Waals surface area contributed by atoms with Crippen LogP contribution in [0, 0.1) is 5.82 Å². The Morgan fingerprint density at radius 1 is 1.35 bits per heavy atom. The van der Waals surface area contributed by atoms with E-state index >= 15 is 0 Å². The number of hydrogen-bond acceptors (Lipinski definition) is 4. The second kappa shape index (κ2) is 6.42. The molecule has 0 saturated carbocycles. The van der Waals surface area contributed by atoms with Gasteiger partial charge >= 0.3 is 0 Å². The predicted octanol–water partition coefficient (Wildman–Crippen LogP) is 3.06. The first kappa shape index (κ1) is 14.4. The maximum atomic E-state index is 13.6. The predicted molar refractivity (Wildman–Crippen MR) is 78.2 cm³/mol. The van der Waals surface area contributed by atoms with Crippen LogP contribution < -0.4 is 10.6 Å². The van der Waals surface area contributed by atoms with Crippen LogP contribution in [0.3, 0.4) is 0 Å². The summed E-state index contributed by atoms with van der Waals surface area (Å²) in [6.45, 7) is 2.64. The number of aromatic nitrogens is 2. The average Bonchev–Trinajstić information content (AvgIpc) is 2.44. The lowest BCUT2D eigenvalue weighted by molar-refractivity contribution is 0.102. The van der Waals surface area contributed by atoms with Gasteiger partial charge in [0, 0.05) is 11.0 Å². The Kier molecular flexibility index (Phi) is 4.62. The standard InChI is InChI=1S/C13H12BrFN4O/c1-2-16-11-7-17-10(6-18-11)13(20)19-12-8(14)4-3-5-9(12)15/h3-7H,2H2,1H3,(H,16,18)(H,19,20). The molecule has 1 aromatic carbocycles. The number of carbonyl (C=O) groups excluding carboxylic acids is 1. The molecule has 1 amide bonds. The maximum absolute atomic E-state index is 13.6. The Hall–Kier alpha value is -2.02. The molecule has 0 atom stereocenters. The summed E-state index contributed by atoms with van der Waals surface area (Å²) in [4.78, 5) is 20.0. The monoisotopic (exact) mass is 338 g/mol. The van der Waals surface area contributed by atoms with Crippen molar-refractivity contribution in [1.82, 2.24) is 9.97 Å². The Balaban J connectivity index is 2.16. The van der Waals surface area contributed by atoms with E-state index in [2.05, 4.69) is 36.5 Å². The first-order valence-corrected chi connectivity index (χ1v) is 6.72. The third-order valence-corrected chi connectivity index (χ3v) is 3.10. The smallest absolute Gasteiger partial charge is 0.275 e. The zero-order chi connectivity index (χ0) is 14.5. The SMILES string of the molecule is CCNc1cnc(C(=O)Nc2c(F)cccc2Br)cn1. The van der Waals surface area contributed by atoms with Crippen LogP contribution in [-0.4, -0.2) is 22.4 Å². The summed E-state index contributed by atoms with van der Waals surface area (Å²) in [5.41, 5.74) is 0.192. The summed E-state index contributed by atoms with van der Waals surface area (Å²) in [5, 5.41) is 5.43. The number of nitrogens with zero attached hydrogens (tertiary/aromatic N) is 2. The molecule has 0 saturated heterocycles. The van der Waals surface area contributed by atoms with Gasteiger partial charge in [0.05, 0.1) is 18.1 Å². The Morgan fingerprint density at radius 3 is 2.75 bits per heavy atom. The number of rotatable bonds is 4. The Morgan fingerprint density at radius 2 is 2.15 bits per heavy atom. The summed E-state index contributed by atoms with van der Waals surface area (Å²) in [6, 6.07) is 4.44. The molecule has 7 heteroatoms. The Bertz CT molecular complexity index is 598. The number of nitrogens with one attached hydrogen (secondary N) is 2. The molecule has 2 aromatic rings. The normalized spacial score (nSPS) is 10.2. The van der Waals surface area contributed by atoms with Gasteiger partial charge in [0.2, 0.25) is 0 Å². The van der Waals surface area contributed by atoms with Crippen LogP contribution in [0.4, 0.5) is 15.9 Å². The van der Waals surface area contributed by atoms with E-state index in [1.807, 2.05) is 6.92 Å². The lowest BCUT2D eigenvalue weighted by Gasteiger charge is -2.08. The van der Waals surface area contributed by atoms with E-state index < -0.39 is 11.7 Å². The van der Waals surface area contributed by atoms with Crippen LogP contribution in [-0.2, 0) is 0 Å². The third kappa shape index (κ3) is 3.30. The molecule has 0 aliphatic rings. The number of para-hydroxylation sites is 1. The number of halogens is 2. The molecular weight excluding hydrogens is 327 g/mol. The van der Waals surface area contributed by atoms with Gasteiger partial charge in [-0.15, -0.1) is 0 Å². The van der Waals surface area contributed by atoms with Crippen LogP contribution in [0.5, 0.6) is 0 Å². The fraction of sp³-hybridized carbons (Fsp3) is 0.154. The van der Waals surface area contributed by atoms with Gasteiger partial charge in [0.15, 0.2) is 0 Å². The van der Waals surface area contributed by atoms with E-state index in [0.717, 1.165) is 0 Å². The van der Waals surface area contributed by atoms with Gasteiger partial charge in [-0.2, -0.15) is 0 Å². The largest absolute Gasteiger partial charge is 0.369 e. The molecule has 5 nitrogen and oxygen atoms in total. The van der Waals surface area contributed by atoms with E-state index in [9.17, 15) is 9.18 Å². The molecule has 104 valence electrons. The van der Waals surface area contributed by atoms with Gasteiger partial charge in [0.1, 0.15) is 17.3 Å². The molecule has 1 aromatic heterocycles. The van der Waals surface area contributed by atoms with E-state index in [1.54, 1.807) is 12.1 Å². The second-order valence-electron chi connectivity index (χ2n) is 3.87. The average molecular weight is 339 g/mol. The molecule has 0 bridgehead atoms. The molecule has 0 fully saturated rings. The first-order chi connectivity index (χ1) is 9.61. The minimum atomic E-state index is -0.523. The number of benzene rings is 1. The number of hydrogen-bond donors (Lipinski definition) is 2. The molecule has 2 N–H and O–H groups in total. The van der Waals surface area contributed by atoms with Gasteiger partial charge in [-0.3, -0.25) is 4.79 Å². The van der Waals surface area contributed by atoms with Gasteiger partial charge in [-0.1, -0.05) is 6.07 Å². The van der Waals surface area contributed by atoms with E-state index in [0.29, 0.717) is 16.8 Å².